The lowest BCUT2D eigenvalue weighted by Gasteiger charge is -2.11. The van der Waals surface area contributed by atoms with Crippen molar-refractivity contribution < 1.29 is 38.5 Å². The first kappa shape index (κ1) is 30.4. The van der Waals surface area contributed by atoms with Crippen LogP contribution in [0.4, 0.5) is 11.4 Å². The fourth-order valence-electron chi connectivity index (χ4n) is 3.81. The molecule has 0 fully saturated rings. The summed E-state index contributed by atoms with van der Waals surface area (Å²) in [6.45, 7) is 2.06. The van der Waals surface area contributed by atoms with Crippen molar-refractivity contribution >= 4 is 41.3 Å². The van der Waals surface area contributed by atoms with Gasteiger partial charge in [0.2, 0.25) is 0 Å². The van der Waals surface area contributed by atoms with E-state index in [1.165, 1.54) is 30.3 Å². The molecule has 5 N–H and O–H groups in total. The van der Waals surface area contributed by atoms with Gasteiger partial charge in [-0.2, -0.15) is 0 Å². The molecule has 3 aromatic carbocycles. The zero-order valence-corrected chi connectivity index (χ0v) is 22.6. The average molecular weight is 561 g/mol. The minimum absolute atomic E-state index is 0.0275. The van der Waals surface area contributed by atoms with Crippen molar-refractivity contribution in [2.24, 2.45) is 0 Å². The molecule has 10 nitrogen and oxygen atoms in total. The van der Waals surface area contributed by atoms with Crippen molar-refractivity contribution in [2.75, 3.05) is 18.1 Å². The van der Waals surface area contributed by atoms with Crippen LogP contribution in [0.1, 0.15) is 64.4 Å². The van der Waals surface area contributed by atoms with Gasteiger partial charge in [-0.25, -0.2) is 14.4 Å². The minimum atomic E-state index is -1.13. The molecule has 10 heteroatoms. The van der Waals surface area contributed by atoms with E-state index in [-0.39, 0.29) is 29.5 Å². The Kier molecular flexibility index (Phi) is 11.0. The largest absolute Gasteiger partial charge is 0.478 e. The zero-order valence-electron chi connectivity index (χ0n) is 22.6. The smallest absolute Gasteiger partial charge is 0.338 e. The van der Waals surface area contributed by atoms with Gasteiger partial charge in [0.25, 0.3) is 0 Å². The van der Waals surface area contributed by atoms with Crippen molar-refractivity contribution in [1.29, 1.82) is 0 Å². The number of hydrogen-bond donors (Lipinski definition) is 3. The van der Waals surface area contributed by atoms with E-state index in [1.807, 2.05) is 6.92 Å². The van der Waals surface area contributed by atoms with Gasteiger partial charge in [0, 0.05) is 23.9 Å². The molecule has 0 unspecified atom stereocenters. The Hall–Kier alpha value is -5.12. The van der Waals surface area contributed by atoms with Crippen LogP contribution in [0, 0.1) is 0 Å². The second-order valence-electron chi connectivity index (χ2n) is 9.11. The molecule has 41 heavy (non-hydrogen) atoms. The summed E-state index contributed by atoms with van der Waals surface area (Å²) in [6.07, 6.45) is 5.47. The van der Waals surface area contributed by atoms with Gasteiger partial charge in [0.1, 0.15) is 11.5 Å². The maximum Gasteiger partial charge on any atom is 0.338 e. The topological polar surface area (TPSA) is 168 Å². The second-order valence-corrected chi connectivity index (χ2v) is 9.11. The van der Waals surface area contributed by atoms with Crippen molar-refractivity contribution in [3.05, 3.63) is 89.0 Å². The van der Waals surface area contributed by atoms with Gasteiger partial charge < -0.3 is 30.8 Å². The number of hydrogen-bond acceptors (Lipinski definition) is 9. The van der Waals surface area contributed by atoms with E-state index in [2.05, 4.69) is 0 Å². The number of ether oxygens (including phenoxy) is 3. The molecular formula is C31H32N2O8. The number of aromatic carboxylic acids is 1. The van der Waals surface area contributed by atoms with Gasteiger partial charge in [-0.15, -0.1) is 0 Å². The van der Waals surface area contributed by atoms with Crippen LogP contribution in [0.2, 0.25) is 0 Å². The van der Waals surface area contributed by atoms with E-state index < -0.39 is 17.9 Å². The monoisotopic (exact) mass is 560 g/mol. The van der Waals surface area contributed by atoms with Crippen LogP contribution in [-0.4, -0.2) is 35.6 Å². The van der Waals surface area contributed by atoms with Crippen molar-refractivity contribution in [1.82, 2.24) is 0 Å². The first-order valence-corrected chi connectivity index (χ1v) is 13.0. The van der Waals surface area contributed by atoms with E-state index in [9.17, 15) is 24.3 Å². The lowest BCUT2D eigenvalue weighted by Crippen LogP contribution is -2.10. The van der Waals surface area contributed by atoms with Crippen LogP contribution in [0.25, 0.3) is 6.08 Å². The predicted octanol–water partition coefficient (Wildman–Crippen LogP) is 5.05. The third kappa shape index (κ3) is 9.54. The summed E-state index contributed by atoms with van der Waals surface area (Å²) in [4.78, 5) is 47.7. The van der Waals surface area contributed by atoms with Crippen molar-refractivity contribution in [3.63, 3.8) is 0 Å². The molecule has 0 saturated heterocycles. The lowest BCUT2D eigenvalue weighted by molar-refractivity contribution is -0.134. The van der Waals surface area contributed by atoms with Crippen LogP contribution in [-0.2, 0) is 20.7 Å². The summed E-state index contributed by atoms with van der Waals surface area (Å²) >= 11 is 0. The fourth-order valence-corrected chi connectivity index (χ4v) is 3.81. The molecule has 0 bridgehead atoms. The van der Waals surface area contributed by atoms with E-state index in [4.69, 9.17) is 25.7 Å². The number of nitrogen functional groups attached to an aromatic ring is 2. The molecule has 0 aliphatic carbocycles. The Morgan fingerprint density at radius 3 is 2.17 bits per heavy atom. The van der Waals surface area contributed by atoms with E-state index in [0.717, 1.165) is 12.8 Å². The molecule has 0 heterocycles. The molecule has 0 radical (unpaired) electrons. The number of esters is 3. The summed E-state index contributed by atoms with van der Waals surface area (Å²) in [6, 6.07) is 15.4. The quantitative estimate of drug-likeness (QED) is 0.0845. The highest BCUT2D eigenvalue weighted by Crippen LogP contribution is 2.23. The summed E-state index contributed by atoms with van der Waals surface area (Å²) in [7, 11) is 0. The highest BCUT2D eigenvalue weighted by Gasteiger charge is 2.15. The molecule has 0 atom stereocenters. The standard InChI is InChI=1S/C31H32N2O8/c1-2-3-6-28(34)40-23-12-14-24(15-13-23)41-29(35)16-9-20-7-10-21(11-8-20)31(38)39-17-4-5-25-26(30(36)37)18-22(32)19-27(25)33/h7-16,18-19H,2-6,17,32-33H2,1H3,(H,36,37)/b16-9+. The number of carbonyl (C=O) groups is 4. The van der Waals surface area contributed by atoms with Crippen molar-refractivity contribution in [2.45, 2.75) is 39.0 Å². The number of nitrogens with two attached hydrogens (primary N) is 2. The number of rotatable bonds is 13. The normalized spacial score (nSPS) is 10.8. The Labute approximate surface area is 237 Å². The van der Waals surface area contributed by atoms with E-state index in [0.29, 0.717) is 47.5 Å². The van der Waals surface area contributed by atoms with Crippen LogP contribution < -0.4 is 20.9 Å². The van der Waals surface area contributed by atoms with E-state index in [1.54, 1.807) is 42.5 Å². The molecule has 0 spiro atoms. The predicted molar refractivity (Wildman–Crippen MR) is 154 cm³/mol. The number of unbranched alkanes of at least 4 members (excludes halogenated alkanes) is 1. The Balaban J connectivity index is 1.45. The Morgan fingerprint density at radius 2 is 1.54 bits per heavy atom. The third-order valence-electron chi connectivity index (χ3n) is 5.91. The molecule has 3 rings (SSSR count). The van der Waals surface area contributed by atoms with Gasteiger partial charge in [0.05, 0.1) is 17.7 Å². The van der Waals surface area contributed by atoms with Gasteiger partial charge in [-0.3, -0.25) is 4.79 Å². The molecule has 0 amide bonds. The first-order valence-electron chi connectivity index (χ1n) is 13.0. The highest BCUT2D eigenvalue weighted by molar-refractivity contribution is 5.93. The lowest BCUT2D eigenvalue weighted by atomic mass is 10.00. The number of anilines is 2. The number of carboxylic acids is 1. The zero-order chi connectivity index (χ0) is 29.8. The summed E-state index contributed by atoms with van der Waals surface area (Å²) in [5.41, 5.74) is 13.6. The molecular weight excluding hydrogens is 528 g/mol. The number of benzene rings is 3. The number of carbonyl (C=O) groups excluding carboxylic acids is 3. The molecule has 3 aromatic rings. The Morgan fingerprint density at radius 1 is 0.878 bits per heavy atom. The average Bonchev–Trinajstić information content (AvgIpc) is 2.94. The summed E-state index contributed by atoms with van der Waals surface area (Å²) < 4.78 is 15.8. The Bertz CT molecular complexity index is 1410. The second kappa shape index (κ2) is 14.9. The van der Waals surface area contributed by atoms with E-state index >= 15 is 0 Å². The summed E-state index contributed by atoms with van der Waals surface area (Å²) in [5.74, 6) is -1.91. The van der Waals surface area contributed by atoms with Gasteiger partial charge in [-0.05, 0) is 85.0 Å². The SMILES string of the molecule is CCCCC(=O)Oc1ccc(OC(=O)/C=C/c2ccc(C(=O)OCCCc3c(N)cc(N)cc3C(=O)O)cc2)cc1. The summed E-state index contributed by atoms with van der Waals surface area (Å²) in [5, 5.41) is 9.38. The third-order valence-corrected chi connectivity index (χ3v) is 5.91. The van der Waals surface area contributed by atoms with Crippen LogP contribution >= 0.6 is 0 Å². The van der Waals surface area contributed by atoms with Crippen LogP contribution in [0.15, 0.2) is 66.7 Å². The van der Waals surface area contributed by atoms with Crippen LogP contribution in [0.5, 0.6) is 11.5 Å². The van der Waals surface area contributed by atoms with Gasteiger partial charge >= 0.3 is 23.9 Å². The first-order chi connectivity index (χ1) is 19.7. The molecule has 0 aliphatic heterocycles. The molecule has 0 aliphatic rings. The van der Waals surface area contributed by atoms with Crippen molar-refractivity contribution in [3.8, 4) is 11.5 Å². The molecule has 0 saturated carbocycles. The highest BCUT2D eigenvalue weighted by atomic mass is 16.5. The molecule has 0 aromatic heterocycles. The van der Waals surface area contributed by atoms with Gasteiger partial charge in [-0.1, -0.05) is 25.5 Å². The fraction of sp³-hybridized carbons (Fsp3) is 0.226. The van der Waals surface area contributed by atoms with Crippen LogP contribution in [0.3, 0.4) is 0 Å². The maximum atomic E-state index is 12.4. The van der Waals surface area contributed by atoms with Gasteiger partial charge in [0.15, 0.2) is 0 Å². The number of carboxylic acid groups (broad SMARTS) is 1. The minimum Gasteiger partial charge on any atom is -0.478 e. The molecule has 214 valence electrons. The maximum absolute atomic E-state index is 12.4.